The van der Waals surface area contributed by atoms with Crippen LogP contribution in [0.15, 0.2) is 36.4 Å². The zero-order chi connectivity index (χ0) is 15.0. The number of carbonyl (C=O) groups is 2. The molecule has 1 aromatic carbocycles. The first-order valence-corrected chi connectivity index (χ1v) is 6.96. The van der Waals surface area contributed by atoms with Crippen LogP contribution in [0.2, 0.25) is 0 Å². The Labute approximate surface area is 122 Å². The van der Waals surface area contributed by atoms with E-state index >= 15 is 0 Å². The molecule has 2 N–H and O–H groups in total. The summed E-state index contributed by atoms with van der Waals surface area (Å²) in [7, 11) is 1.58. The lowest BCUT2D eigenvalue weighted by Gasteiger charge is -2.23. The second-order valence-electron chi connectivity index (χ2n) is 5.56. The quantitative estimate of drug-likeness (QED) is 0.832. The number of methoxy groups -OCH3 is 1. The molecule has 1 aromatic rings. The van der Waals surface area contributed by atoms with E-state index in [2.05, 4.69) is 5.32 Å². The average Bonchev–Trinajstić information content (AvgIpc) is 3.08. The third-order valence-electron chi connectivity index (χ3n) is 4.40. The number of aliphatic carboxylic acids is 1. The van der Waals surface area contributed by atoms with E-state index in [9.17, 15) is 14.7 Å². The van der Waals surface area contributed by atoms with Crippen molar-refractivity contribution in [2.24, 2.45) is 23.7 Å². The molecule has 21 heavy (non-hydrogen) atoms. The third-order valence-corrected chi connectivity index (χ3v) is 4.40. The van der Waals surface area contributed by atoms with Gasteiger partial charge in [-0.1, -0.05) is 12.2 Å². The van der Waals surface area contributed by atoms with Crippen molar-refractivity contribution >= 4 is 17.6 Å². The summed E-state index contributed by atoms with van der Waals surface area (Å²) in [6.07, 6.45) is 4.67. The SMILES string of the molecule is COc1ccc(NC(=O)[C@H]2[C@H](C(=O)O)[C@@H]3C=C[C@@H]2C3)cc1. The van der Waals surface area contributed by atoms with Crippen LogP contribution in [0, 0.1) is 23.7 Å². The number of fused-ring (bicyclic) bond motifs is 2. The minimum absolute atomic E-state index is 0.0147. The van der Waals surface area contributed by atoms with Gasteiger partial charge in [-0.3, -0.25) is 9.59 Å². The molecule has 0 unspecified atom stereocenters. The second kappa shape index (κ2) is 5.24. The summed E-state index contributed by atoms with van der Waals surface area (Å²) in [5.74, 6) is -1.48. The summed E-state index contributed by atoms with van der Waals surface area (Å²) in [5.41, 5.74) is 0.650. The third kappa shape index (κ3) is 2.39. The maximum absolute atomic E-state index is 12.4. The van der Waals surface area contributed by atoms with Crippen LogP contribution < -0.4 is 10.1 Å². The Bertz CT molecular complexity index is 593. The van der Waals surface area contributed by atoms with Crippen LogP contribution in [0.25, 0.3) is 0 Å². The number of carboxylic acid groups (broad SMARTS) is 1. The highest BCUT2D eigenvalue weighted by Gasteiger charge is 2.51. The van der Waals surface area contributed by atoms with Gasteiger partial charge in [0.25, 0.3) is 0 Å². The summed E-state index contributed by atoms with van der Waals surface area (Å²) in [6, 6.07) is 7.00. The molecule has 0 heterocycles. The summed E-state index contributed by atoms with van der Waals surface area (Å²) in [5, 5.41) is 12.2. The van der Waals surface area contributed by atoms with Crippen LogP contribution in [0.4, 0.5) is 5.69 Å². The van der Waals surface area contributed by atoms with Crippen molar-refractivity contribution in [1.29, 1.82) is 0 Å². The number of amides is 1. The molecule has 5 nitrogen and oxygen atoms in total. The van der Waals surface area contributed by atoms with E-state index in [1.165, 1.54) is 0 Å². The van der Waals surface area contributed by atoms with Gasteiger partial charge in [0.05, 0.1) is 18.9 Å². The molecular weight excluding hydrogens is 270 g/mol. The molecule has 2 aliphatic rings. The average molecular weight is 287 g/mol. The van der Waals surface area contributed by atoms with Gasteiger partial charge >= 0.3 is 5.97 Å². The molecule has 4 atom stereocenters. The van der Waals surface area contributed by atoms with Crippen LogP contribution >= 0.6 is 0 Å². The number of nitrogens with one attached hydrogen (secondary N) is 1. The van der Waals surface area contributed by atoms with E-state index in [0.29, 0.717) is 11.4 Å². The molecule has 0 saturated heterocycles. The van der Waals surface area contributed by atoms with Gasteiger partial charge in [0.1, 0.15) is 5.75 Å². The maximum atomic E-state index is 12.4. The molecule has 0 spiro atoms. The van der Waals surface area contributed by atoms with Gasteiger partial charge in [-0.25, -0.2) is 0 Å². The lowest BCUT2D eigenvalue weighted by molar-refractivity contribution is -0.146. The van der Waals surface area contributed by atoms with E-state index in [-0.39, 0.29) is 17.7 Å². The largest absolute Gasteiger partial charge is 0.497 e. The lowest BCUT2D eigenvalue weighted by Crippen LogP contribution is -2.36. The number of allylic oxidation sites excluding steroid dienone is 2. The Morgan fingerprint density at radius 3 is 2.33 bits per heavy atom. The van der Waals surface area contributed by atoms with Crippen molar-refractivity contribution in [2.45, 2.75) is 6.42 Å². The van der Waals surface area contributed by atoms with Crippen LogP contribution in [0.1, 0.15) is 6.42 Å². The number of anilines is 1. The van der Waals surface area contributed by atoms with Crippen molar-refractivity contribution in [3.63, 3.8) is 0 Å². The van der Waals surface area contributed by atoms with E-state index < -0.39 is 17.8 Å². The number of carbonyl (C=O) groups excluding carboxylic acids is 1. The van der Waals surface area contributed by atoms with E-state index in [4.69, 9.17) is 4.74 Å². The van der Waals surface area contributed by atoms with Gasteiger partial charge in [0, 0.05) is 5.69 Å². The lowest BCUT2D eigenvalue weighted by atomic mass is 9.82. The molecule has 2 bridgehead atoms. The van der Waals surface area contributed by atoms with Gasteiger partial charge in [0.2, 0.25) is 5.91 Å². The standard InChI is InChI=1S/C16H17NO4/c1-21-12-6-4-11(5-7-12)17-15(18)13-9-2-3-10(8-9)14(13)16(19)20/h2-7,9-10,13-14H,8H2,1H3,(H,17,18)(H,19,20)/t9-,10-,13-,14-/m1/s1. The van der Waals surface area contributed by atoms with Crippen LogP contribution in [0.5, 0.6) is 5.75 Å². The van der Waals surface area contributed by atoms with Crippen LogP contribution in [0.3, 0.4) is 0 Å². The molecule has 1 saturated carbocycles. The number of carboxylic acids is 1. The molecule has 0 aliphatic heterocycles. The zero-order valence-electron chi connectivity index (χ0n) is 11.7. The van der Waals surface area contributed by atoms with Crippen molar-refractivity contribution in [2.75, 3.05) is 12.4 Å². The molecular formula is C16H17NO4. The van der Waals surface area contributed by atoms with E-state index in [1.807, 2.05) is 12.2 Å². The molecule has 110 valence electrons. The zero-order valence-corrected chi connectivity index (χ0v) is 11.7. The van der Waals surface area contributed by atoms with Crippen molar-refractivity contribution in [3.8, 4) is 5.75 Å². The number of ether oxygens (including phenoxy) is 1. The minimum Gasteiger partial charge on any atom is -0.497 e. The molecule has 0 aromatic heterocycles. The Balaban J connectivity index is 1.75. The first kappa shape index (κ1) is 13.7. The number of rotatable bonds is 4. The molecule has 2 aliphatic carbocycles. The van der Waals surface area contributed by atoms with Crippen molar-refractivity contribution in [1.82, 2.24) is 0 Å². The first-order valence-electron chi connectivity index (χ1n) is 6.96. The summed E-state index contributed by atoms with van der Waals surface area (Å²) >= 11 is 0. The van der Waals surface area contributed by atoms with E-state index in [0.717, 1.165) is 6.42 Å². The molecule has 3 rings (SSSR count). The number of benzene rings is 1. The van der Waals surface area contributed by atoms with Crippen molar-refractivity contribution in [3.05, 3.63) is 36.4 Å². The van der Waals surface area contributed by atoms with Crippen LogP contribution in [-0.4, -0.2) is 24.1 Å². The van der Waals surface area contributed by atoms with Gasteiger partial charge in [-0.15, -0.1) is 0 Å². The highest BCUT2D eigenvalue weighted by Crippen LogP contribution is 2.48. The highest BCUT2D eigenvalue weighted by atomic mass is 16.5. The van der Waals surface area contributed by atoms with E-state index in [1.54, 1.807) is 31.4 Å². The Morgan fingerprint density at radius 1 is 1.14 bits per heavy atom. The predicted octanol–water partition coefficient (Wildman–Crippen LogP) is 2.16. The Morgan fingerprint density at radius 2 is 1.76 bits per heavy atom. The molecule has 5 heteroatoms. The monoisotopic (exact) mass is 287 g/mol. The van der Waals surface area contributed by atoms with Crippen molar-refractivity contribution < 1.29 is 19.4 Å². The van der Waals surface area contributed by atoms with Gasteiger partial charge in [0.15, 0.2) is 0 Å². The van der Waals surface area contributed by atoms with Gasteiger partial charge in [-0.05, 0) is 42.5 Å². The predicted molar refractivity (Wildman–Crippen MR) is 77.0 cm³/mol. The minimum atomic E-state index is -0.887. The normalized spacial score (nSPS) is 29.4. The first-order chi connectivity index (χ1) is 10.1. The summed E-state index contributed by atoms with van der Waals surface area (Å²) < 4.78 is 5.06. The second-order valence-corrected chi connectivity index (χ2v) is 5.56. The smallest absolute Gasteiger partial charge is 0.307 e. The van der Waals surface area contributed by atoms with Gasteiger partial charge < -0.3 is 15.2 Å². The Kier molecular flexibility index (Phi) is 3.41. The molecule has 1 fully saturated rings. The fourth-order valence-corrected chi connectivity index (χ4v) is 3.42. The Hall–Kier alpha value is -2.30. The van der Waals surface area contributed by atoms with Gasteiger partial charge in [-0.2, -0.15) is 0 Å². The maximum Gasteiger partial charge on any atom is 0.307 e. The van der Waals surface area contributed by atoms with Crippen LogP contribution in [-0.2, 0) is 9.59 Å². The molecule has 1 amide bonds. The molecule has 0 radical (unpaired) electrons. The fraction of sp³-hybridized carbons (Fsp3) is 0.375. The fourth-order valence-electron chi connectivity index (χ4n) is 3.42. The highest BCUT2D eigenvalue weighted by molar-refractivity contribution is 5.96. The summed E-state index contributed by atoms with van der Waals surface area (Å²) in [6.45, 7) is 0. The number of hydrogen-bond donors (Lipinski definition) is 2. The number of hydrogen-bond acceptors (Lipinski definition) is 3. The topological polar surface area (TPSA) is 75.6 Å². The summed E-state index contributed by atoms with van der Waals surface area (Å²) in [4.78, 5) is 23.8.